The van der Waals surface area contributed by atoms with Crippen LogP contribution in [0.1, 0.15) is 30.1 Å². The van der Waals surface area contributed by atoms with Gasteiger partial charge >= 0.3 is 0 Å². The summed E-state index contributed by atoms with van der Waals surface area (Å²) in [6, 6.07) is 11.0. The van der Waals surface area contributed by atoms with E-state index in [1.54, 1.807) is 17.3 Å². The van der Waals surface area contributed by atoms with E-state index in [9.17, 15) is 4.79 Å². The highest BCUT2D eigenvalue weighted by atomic mass is 16.5. The molecule has 1 aliphatic heterocycles. The van der Waals surface area contributed by atoms with Crippen LogP contribution in [0.3, 0.4) is 0 Å². The minimum atomic E-state index is 0.0288. The number of aromatic nitrogens is 1. The Balaban J connectivity index is 1.47. The standard InChI is InChI=1S/C19H22N2O3/c1-2-3-11-23-16-8-6-15(7-9-16)19(22)21-13-18(14-21)24-17-5-4-10-20-12-17/h4-10,12,18H,2-3,11,13-14H2,1H3. The van der Waals surface area contributed by atoms with Crippen LogP contribution in [0.2, 0.25) is 0 Å². The third-order valence-electron chi connectivity index (χ3n) is 3.94. The zero-order valence-electron chi connectivity index (χ0n) is 13.9. The Kier molecular flexibility index (Phi) is 5.31. The number of rotatable bonds is 7. The van der Waals surface area contributed by atoms with Gasteiger partial charge in [-0.25, -0.2) is 0 Å². The van der Waals surface area contributed by atoms with Gasteiger partial charge < -0.3 is 14.4 Å². The molecule has 126 valence electrons. The van der Waals surface area contributed by atoms with Crippen LogP contribution in [-0.4, -0.2) is 41.6 Å². The average Bonchev–Trinajstić information content (AvgIpc) is 2.59. The van der Waals surface area contributed by atoms with E-state index >= 15 is 0 Å². The first kappa shape index (κ1) is 16.3. The van der Waals surface area contributed by atoms with Gasteiger partial charge in [0.1, 0.15) is 17.6 Å². The fraction of sp³-hybridized carbons (Fsp3) is 0.368. The number of pyridine rings is 1. The van der Waals surface area contributed by atoms with Crippen molar-refractivity contribution in [2.75, 3.05) is 19.7 Å². The molecule has 0 saturated carbocycles. The van der Waals surface area contributed by atoms with Crippen LogP contribution < -0.4 is 9.47 Å². The van der Waals surface area contributed by atoms with Crippen molar-refractivity contribution < 1.29 is 14.3 Å². The quantitative estimate of drug-likeness (QED) is 0.733. The van der Waals surface area contributed by atoms with Crippen molar-refractivity contribution in [2.24, 2.45) is 0 Å². The molecule has 1 saturated heterocycles. The highest BCUT2D eigenvalue weighted by molar-refractivity contribution is 5.94. The zero-order valence-corrected chi connectivity index (χ0v) is 13.9. The molecule has 0 radical (unpaired) electrons. The Bertz CT molecular complexity index is 652. The lowest BCUT2D eigenvalue weighted by Crippen LogP contribution is -2.56. The number of carbonyl (C=O) groups excluding carboxylic acids is 1. The molecule has 5 nitrogen and oxygen atoms in total. The molecule has 1 aromatic heterocycles. The number of hydrogen-bond acceptors (Lipinski definition) is 4. The van der Waals surface area contributed by atoms with Gasteiger partial charge in [-0.15, -0.1) is 0 Å². The number of benzene rings is 1. The highest BCUT2D eigenvalue weighted by Gasteiger charge is 2.32. The van der Waals surface area contributed by atoms with Crippen LogP contribution >= 0.6 is 0 Å². The van der Waals surface area contributed by atoms with E-state index in [4.69, 9.17) is 9.47 Å². The normalized spacial score (nSPS) is 14.1. The van der Waals surface area contributed by atoms with Crippen molar-refractivity contribution in [1.29, 1.82) is 0 Å². The van der Waals surface area contributed by atoms with Crippen LogP contribution in [0.25, 0.3) is 0 Å². The third-order valence-corrected chi connectivity index (χ3v) is 3.94. The smallest absolute Gasteiger partial charge is 0.254 e. The Morgan fingerprint density at radius 3 is 2.67 bits per heavy atom. The van der Waals surface area contributed by atoms with Gasteiger partial charge in [0, 0.05) is 11.8 Å². The van der Waals surface area contributed by atoms with Crippen LogP contribution in [0.15, 0.2) is 48.8 Å². The number of ether oxygens (including phenoxy) is 2. The van der Waals surface area contributed by atoms with Crippen LogP contribution in [0, 0.1) is 0 Å². The topological polar surface area (TPSA) is 51.7 Å². The highest BCUT2D eigenvalue weighted by Crippen LogP contribution is 2.20. The maximum absolute atomic E-state index is 12.4. The van der Waals surface area contributed by atoms with Crippen LogP contribution in [0.4, 0.5) is 0 Å². The van der Waals surface area contributed by atoms with Gasteiger partial charge in [0.2, 0.25) is 0 Å². The molecule has 1 aromatic carbocycles. The number of likely N-dealkylation sites (tertiary alicyclic amines) is 1. The Morgan fingerprint density at radius 2 is 2.00 bits per heavy atom. The zero-order chi connectivity index (χ0) is 16.8. The van der Waals surface area contributed by atoms with Gasteiger partial charge in [0.05, 0.1) is 25.9 Å². The first-order chi connectivity index (χ1) is 11.8. The second-order valence-corrected chi connectivity index (χ2v) is 5.87. The molecular weight excluding hydrogens is 304 g/mol. The van der Waals surface area contributed by atoms with E-state index in [1.165, 1.54) is 0 Å². The molecule has 1 amide bonds. The summed E-state index contributed by atoms with van der Waals surface area (Å²) in [6.45, 7) is 4.04. The summed E-state index contributed by atoms with van der Waals surface area (Å²) < 4.78 is 11.4. The van der Waals surface area contributed by atoms with Gasteiger partial charge in [0.25, 0.3) is 5.91 Å². The first-order valence-corrected chi connectivity index (χ1v) is 8.35. The molecule has 0 spiro atoms. The second kappa shape index (κ2) is 7.81. The van der Waals surface area contributed by atoms with Crippen LogP contribution in [0.5, 0.6) is 11.5 Å². The van der Waals surface area contributed by atoms with Gasteiger partial charge in [-0.1, -0.05) is 13.3 Å². The van der Waals surface area contributed by atoms with Gasteiger partial charge in [0.15, 0.2) is 0 Å². The lowest BCUT2D eigenvalue weighted by Gasteiger charge is -2.38. The molecule has 5 heteroatoms. The van der Waals surface area contributed by atoms with Gasteiger partial charge in [-0.2, -0.15) is 0 Å². The third kappa shape index (κ3) is 4.04. The van der Waals surface area contributed by atoms with E-state index in [-0.39, 0.29) is 12.0 Å². The maximum atomic E-state index is 12.4. The fourth-order valence-electron chi connectivity index (χ4n) is 2.50. The lowest BCUT2D eigenvalue weighted by molar-refractivity contribution is 0.0176. The number of hydrogen-bond donors (Lipinski definition) is 0. The molecule has 0 aliphatic carbocycles. The van der Waals surface area contributed by atoms with Crippen molar-refractivity contribution in [2.45, 2.75) is 25.9 Å². The fourth-order valence-corrected chi connectivity index (χ4v) is 2.50. The van der Waals surface area contributed by atoms with Crippen molar-refractivity contribution in [3.63, 3.8) is 0 Å². The van der Waals surface area contributed by atoms with E-state index in [0.717, 1.165) is 24.3 Å². The van der Waals surface area contributed by atoms with Crippen molar-refractivity contribution in [1.82, 2.24) is 9.88 Å². The molecule has 1 fully saturated rings. The molecule has 0 N–H and O–H groups in total. The minimum absolute atomic E-state index is 0.0288. The summed E-state index contributed by atoms with van der Waals surface area (Å²) in [5.41, 5.74) is 0.678. The first-order valence-electron chi connectivity index (χ1n) is 8.35. The van der Waals surface area contributed by atoms with Crippen molar-refractivity contribution in [3.05, 3.63) is 54.4 Å². The maximum Gasteiger partial charge on any atom is 0.254 e. The number of carbonyl (C=O) groups is 1. The molecule has 1 aliphatic rings. The summed E-state index contributed by atoms with van der Waals surface area (Å²) in [6.07, 6.45) is 5.57. The summed E-state index contributed by atoms with van der Waals surface area (Å²) >= 11 is 0. The van der Waals surface area contributed by atoms with Crippen LogP contribution in [-0.2, 0) is 0 Å². The average molecular weight is 326 g/mol. The number of unbranched alkanes of at least 4 members (excludes halogenated alkanes) is 1. The molecule has 0 bridgehead atoms. The number of nitrogens with zero attached hydrogens (tertiary/aromatic N) is 2. The summed E-state index contributed by atoms with van der Waals surface area (Å²) in [5.74, 6) is 1.57. The minimum Gasteiger partial charge on any atom is -0.494 e. The summed E-state index contributed by atoms with van der Waals surface area (Å²) in [7, 11) is 0. The van der Waals surface area contributed by atoms with E-state index in [1.807, 2.05) is 36.4 Å². The predicted molar refractivity (Wildman–Crippen MR) is 91.4 cm³/mol. The molecule has 24 heavy (non-hydrogen) atoms. The summed E-state index contributed by atoms with van der Waals surface area (Å²) in [5, 5.41) is 0. The van der Waals surface area contributed by atoms with Gasteiger partial charge in [-0.05, 0) is 42.8 Å². The second-order valence-electron chi connectivity index (χ2n) is 5.87. The number of amides is 1. The Hall–Kier alpha value is -2.56. The molecule has 2 heterocycles. The molecule has 0 unspecified atom stereocenters. The summed E-state index contributed by atoms with van der Waals surface area (Å²) in [4.78, 5) is 18.2. The van der Waals surface area contributed by atoms with Crippen molar-refractivity contribution in [3.8, 4) is 11.5 Å². The van der Waals surface area contributed by atoms with E-state index < -0.39 is 0 Å². The lowest BCUT2D eigenvalue weighted by atomic mass is 10.1. The predicted octanol–water partition coefficient (Wildman–Crippen LogP) is 3.16. The SMILES string of the molecule is CCCCOc1ccc(C(=O)N2CC(Oc3cccnc3)C2)cc1. The van der Waals surface area contributed by atoms with E-state index in [2.05, 4.69) is 11.9 Å². The monoisotopic (exact) mass is 326 g/mol. The Morgan fingerprint density at radius 1 is 1.21 bits per heavy atom. The molecular formula is C19H22N2O3. The van der Waals surface area contributed by atoms with Crippen molar-refractivity contribution >= 4 is 5.91 Å². The molecule has 2 aromatic rings. The molecule has 0 atom stereocenters. The van der Waals surface area contributed by atoms with Gasteiger partial charge in [-0.3, -0.25) is 9.78 Å². The largest absolute Gasteiger partial charge is 0.494 e. The molecule has 3 rings (SSSR count). The Labute approximate surface area is 142 Å². The van der Waals surface area contributed by atoms with E-state index in [0.29, 0.717) is 25.3 Å².